The number of aryl methyl sites for hydroxylation is 1. The van der Waals surface area contributed by atoms with Crippen LogP contribution >= 0.6 is 0 Å². The number of carbonyl (C=O) groups excluding carboxylic acids is 1. The van der Waals surface area contributed by atoms with Gasteiger partial charge in [-0.1, -0.05) is 30.3 Å². The first-order valence-electron chi connectivity index (χ1n) is 9.08. The van der Waals surface area contributed by atoms with Gasteiger partial charge in [0.2, 0.25) is 0 Å². The van der Waals surface area contributed by atoms with Crippen molar-refractivity contribution >= 4 is 11.8 Å². The van der Waals surface area contributed by atoms with Crippen molar-refractivity contribution in [3.8, 4) is 0 Å². The van der Waals surface area contributed by atoms with Crippen LogP contribution in [-0.2, 0) is 23.2 Å². The highest BCUT2D eigenvalue weighted by Gasteiger charge is 2.47. The minimum atomic E-state index is -0.876. The summed E-state index contributed by atoms with van der Waals surface area (Å²) in [6.45, 7) is 0.837. The molecule has 1 aliphatic carbocycles. The van der Waals surface area contributed by atoms with Crippen LogP contribution in [0.1, 0.15) is 53.7 Å². The van der Waals surface area contributed by atoms with Crippen molar-refractivity contribution < 1.29 is 14.7 Å². The SMILES string of the molecule is O=C1CCC2(Cc3ccccc3)c3cc(C(=O)O)cn3CCCC2C1. The molecule has 2 heterocycles. The van der Waals surface area contributed by atoms with Gasteiger partial charge in [0, 0.05) is 36.7 Å². The Kier molecular flexibility index (Phi) is 3.98. The number of benzene rings is 1. The fourth-order valence-electron chi connectivity index (χ4n) is 4.88. The molecule has 4 rings (SSSR count). The number of aromatic carboxylic acids is 1. The lowest BCUT2D eigenvalue weighted by Gasteiger charge is -2.43. The second-order valence-corrected chi connectivity index (χ2v) is 7.51. The van der Waals surface area contributed by atoms with Gasteiger partial charge in [0.1, 0.15) is 5.78 Å². The predicted octanol–water partition coefficient (Wildman–Crippen LogP) is 3.83. The van der Waals surface area contributed by atoms with Gasteiger partial charge in [-0.25, -0.2) is 4.79 Å². The standard InChI is InChI=1S/C21H23NO3/c23-18-8-9-21(13-15-5-2-1-3-6-15)17(12-18)7-4-10-22-14-16(20(24)25)11-19(21)22/h1-3,5-6,11,14,17H,4,7-10,12-13H2,(H,24,25). The van der Waals surface area contributed by atoms with Gasteiger partial charge in [0.25, 0.3) is 0 Å². The van der Waals surface area contributed by atoms with E-state index in [2.05, 4.69) is 16.7 Å². The largest absolute Gasteiger partial charge is 0.478 e. The molecule has 0 saturated heterocycles. The molecule has 0 spiro atoms. The van der Waals surface area contributed by atoms with Gasteiger partial charge in [0.15, 0.2) is 0 Å². The Hall–Kier alpha value is -2.36. The number of carbonyl (C=O) groups is 2. The first-order valence-corrected chi connectivity index (χ1v) is 9.08. The zero-order valence-electron chi connectivity index (χ0n) is 14.3. The van der Waals surface area contributed by atoms with Crippen LogP contribution in [-0.4, -0.2) is 21.4 Å². The molecule has 2 aromatic rings. The van der Waals surface area contributed by atoms with E-state index in [4.69, 9.17) is 0 Å². The molecular formula is C21H23NO3. The maximum absolute atomic E-state index is 12.1. The number of hydrogen-bond donors (Lipinski definition) is 1. The zero-order chi connectivity index (χ0) is 17.4. The molecule has 1 aromatic carbocycles. The Labute approximate surface area is 147 Å². The third kappa shape index (κ3) is 2.80. The van der Waals surface area contributed by atoms with Crippen molar-refractivity contribution in [2.24, 2.45) is 5.92 Å². The highest BCUT2D eigenvalue weighted by atomic mass is 16.4. The number of rotatable bonds is 3. The predicted molar refractivity (Wildman–Crippen MR) is 94.8 cm³/mol. The van der Waals surface area contributed by atoms with E-state index in [1.54, 1.807) is 6.20 Å². The van der Waals surface area contributed by atoms with Crippen molar-refractivity contribution in [1.82, 2.24) is 4.57 Å². The molecule has 2 atom stereocenters. The molecular weight excluding hydrogens is 314 g/mol. The van der Waals surface area contributed by atoms with Crippen LogP contribution in [0.3, 0.4) is 0 Å². The van der Waals surface area contributed by atoms with Crippen molar-refractivity contribution in [2.45, 2.75) is 50.5 Å². The molecule has 25 heavy (non-hydrogen) atoms. The highest BCUT2D eigenvalue weighted by Crippen LogP contribution is 2.49. The van der Waals surface area contributed by atoms with E-state index < -0.39 is 5.97 Å². The monoisotopic (exact) mass is 337 g/mol. The molecule has 1 N–H and O–H groups in total. The Bertz CT molecular complexity index is 808. The van der Waals surface area contributed by atoms with E-state index >= 15 is 0 Å². The average molecular weight is 337 g/mol. The normalized spacial score (nSPS) is 25.8. The van der Waals surface area contributed by atoms with E-state index in [1.807, 2.05) is 24.3 Å². The van der Waals surface area contributed by atoms with Crippen molar-refractivity contribution in [2.75, 3.05) is 0 Å². The number of aromatic nitrogens is 1. The summed E-state index contributed by atoms with van der Waals surface area (Å²) >= 11 is 0. The van der Waals surface area contributed by atoms with Crippen LogP contribution in [0.25, 0.3) is 0 Å². The summed E-state index contributed by atoms with van der Waals surface area (Å²) in [6, 6.07) is 12.2. The van der Waals surface area contributed by atoms with Gasteiger partial charge in [-0.2, -0.15) is 0 Å². The van der Waals surface area contributed by atoms with Gasteiger partial charge in [-0.05, 0) is 43.2 Å². The number of nitrogens with zero attached hydrogens (tertiary/aromatic N) is 1. The molecule has 1 saturated carbocycles. The smallest absolute Gasteiger partial charge is 0.337 e. The van der Waals surface area contributed by atoms with Crippen LogP contribution < -0.4 is 0 Å². The lowest BCUT2D eigenvalue weighted by atomic mass is 9.60. The lowest BCUT2D eigenvalue weighted by molar-refractivity contribution is -0.123. The molecule has 1 aromatic heterocycles. The van der Waals surface area contributed by atoms with Crippen LogP contribution in [0.2, 0.25) is 0 Å². The van der Waals surface area contributed by atoms with Gasteiger partial charge >= 0.3 is 5.97 Å². The summed E-state index contributed by atoms with van der Waals surface area (Å²) in [7, 11) is 0. The van der Waals surface area contributed by atoms with Gasteiger partial charge in [-0.15, -0.1) is 0 Å². The van der Waals surface area contributed by atoms with Crippen LogP contribution in [0.5, 0.6) is 0 Å². The quantitative estimate of drug-likeness (QED) is 0.926. The molecule has 2 aliphatic rings. The van der Waals surface area contributed by atoms with Gasteiger partial charge in [0.05, 0.1) is 5.56 Å². The number of carboxylic acids is 1. The van der Waals surface area contributed by atoms with E-state index in [0.29, 0.717) is 30.1 Å². The molecule has 4 nitrogen and oxygen atoms in total. The maximum atomic E-state index is 12.1. The summed E-state index contributed by atoms with van der Waals surface area (Å²) < 4.78 is 2.14. The summed E-state index contributed by atoms with van der Waals surface area (Å²) in [5.74, 6) is -0.224. The summed E-state index contributed by atoms with van der Waals surface area (Å²) in [6.07, 6.45) is 6.71. The zero-order valence-corrected chi connectivity index (χ0v) is 14.3. The second-order valence-electron chi connectivity index (χ2n) is 7.51. The minimum Gasteiger partial charge on any atom is -0.478 e. The van der Waals surface area contributed by atoms with Crippen LogP contribution in [0.15, 0.2) is 42.6 Å². The number of Topliss-reactive ketones (excluding diaryl/α,β-unsaturated/α-hetero) is 1. The van der Waals surface area contributed by atoms with E-state index in [-0.39, 0.29) is 5.41 Å². The van der Waals surface area contributed by atoms with Crippen molar-refractivity contribution in [3.05, 3.63) is 59.4 Å². The molecule has 130 valence electrons. The van der Waals surface area contributed by atoms with Crippen LogP contribution in [0, 0.1) is 5.92 Å². The Morgan fingerprint density at radius 1 is 1.28 bits per heavy atom. The second kappa shape index (κ2) is 6.17. The number of fused-ring (bicyclic) bond motifs is 3. The van der Waals surface area contributed by atoms with Crippen LogP contribution in [0.4, 0.5) is 0 Å². The Morgan fingerprint density at radius 3 is 2.84 bits per heavy atom. The third-order valence-corrected chi connectivity index (χ3v) is 6.07. The third-order valence-electron chi connectivity index (χ3n) is 6.07. The first-order chi connectivity index (χ1) is 12.1. The summed E-state index contributed by atoms with van der Waals surface area (Å²) in [4.78, 5) is 23.7. The van der Waals surface area contributed by atoms with Crippen molar-refractivity contribution in [3.63, 3.8) is 0 Å². The first kappa shape index (κ1) is 16.1. The van der Waals surface area contributed by atoms with Gasteiger partial charge < -0.3 is 9.67 Å². The molecule has 4 heteroatoms. The fourth-order valence-corrected chi connectivity index (χ4v) is 4.88. The Morgan fingerprint density at radius 2 is 2.08 bits per heavy atom. The number of hydrogen-bond acceptors (Lipinski definition) is 2. The van der Waals surface area contributed by atoms with E-state index in [9.17, 15) is 14.7 Å². The fraction of sp³-hybridized carbons (Fsp3) is 0.429. The van der Waals surface area contributed by atoms with E-state index in [1.165, 1.54) is 5.56 Å². The van der Waals surface area contributed by atoms with Gasteiger partial charge in [-0.3, -0.25) is 4.79 Å². The maximum Gasteiger partial charge on any atom is 0.337 e. The molecule has 0 radical (unpaired) electrons. The molecule has 0 amide bonds. The Balaban J connectivity index is 1.84. The summed E-state index contributed by atoms with van der Waals surface area (Å²) in [5.41, 5.74) is 2.59. The molecule has 1 fully saturated rings. The lowest BCUT2D eigenvalue weighted by Crippen LogP contribution is -2.43. The minimum absolute atomic E-state index is 0.139. The number of ketones is 1. The van der Waals surface area contributed by atoms with Crippen molar-refractivity contribution in [1.29, 1.82) is 0 Å². The summed E-state index contributed by atoms with van der Waals surface area (Å²) in [5, 5.41) is 9.45. The highest BCUT2D eigenvalue weighted by molar-refractivity contribution is 5.88. The molecule has 2 unspecified atom stereocenters. The molecule has 0 bridgehead atoms. The number of carboxylic acid groups (broad SMARTS) is 1. The average Bonchev–Trinajstić information content (AvgIpc) is 2.98. The molecule has 1 aliphatic heterocycles. The topological polar surface area (TPSA) is 59.3 Å². The van der Waals surface area contributed by atoms with E-state index in [0.717, 1.165) is 37.9 Å².